The summed E-state index contributed by atoms with van der Waals surface area (Å²) < 4.78 is 16.5. The van der Waals surface area contributed by atoms with Crippen molar-refractivity contribution >= 4 is 29.0 Å². The largest absolute Gasteiger partial charge is 0.462 e. The van der Waals surface area contributed by atoms with Gasteiger partial charge >= 0.3 is 5.97 Å². The first kappa shape index (κ1) is 22.2. The number of rotatable bonds is 3. The molecule has 0 aromatic heterocycles. The third kappa shape index (κ3) is 2.73. The molecule has 1 amide bonds. The van der Waals surface area contributed by atoms with Gasteiger partial charge in [-0.25, -0.2) is 4.79 Å². The van der Waals surface area contributed by atoms with Gasteiger partial charge in [0.1, 0.15) is 16.8 Å². The van der Waals surface area contributed by atoms with Gasteiger partial charge in [-0.2, -0.15) is 0 Å². The maximum atomic E-state index is 14.2. The summed E-state index contributed by atoms with van der Waals surface area (Å²) in [7, 11) is 1.65. The molecule has 9 nitrogen and oxygen atoms in total. The Kier molecular flexibility index (Phi) is 4.86. The zero-order valence-electron chi connectivity index (χ0n) is 20.0. The van der Waals surface area contributed by atoms with E-state index in [1.807, 2.05) is 6.07 Å². The van der Waals surface area contributed by atoms with E-state index in [2.05, 4.69) is 0 Å². The fourth-order valence-corrected chi connectivity index (χ4v) is 5.87. The van der Waals surface area contributed by atoms with Crippen LogP contribution in [0.1, 0.15) is 31.7 Å². The van der Waals surface area contributed by atoms with E-state index >= 15 is 0 Å². The second-order valence-electron chi connectivity index (χ2n) is 9.08. The number of esters is 1. The Morgan fingerprint density at radius 3 is 2.69 bits per heavy atom. The van der Waals surface area contributed by atoms with Gasteiger partial charge in [0, 0.05) is 42.1 Å². The van der Waals surface area contributed by atoms with E-state index in [9.17, 15) is 14.4 Å². The first-order valence-corrected chi connectivity index (χ1v) is 11.9. The molecule has 1 unspecified atom stereocenters. The first-order valence-electron chi connectivity index (χ1n) is 11.9. The first-order chi connectivity index (χ1) is 17.4. The molecule has 6 rings (SSSR count). The number of hydrogen-bond donors (Lipinski definition) is 1. The fourth-order valence-electron chi connectivity index (χ4n) is 5.87. The van der Waals surface area contributed by atoms with Crippen molar-refractivity contribution in [3.63, 3.8) is 0 Å². The molecule has 3 heterocycles. The van der Waals surface area contributed by atoms with Crippen LogP contribution in [0.25, 0.3) is 0 Å². The Labute approximate surface area is 207 Å². The lowest BCUT2D eigenvalue weighted by atomic mass is 9.63. The summed E-state index contributed by atoms with van der Waals surface area (Å²) in [5.41, 5.74) is 7.76. The average Bonchev–Trinajstić information content (AvgIpc) is 3.42. The molecule has 4 aliphatic rings. The van der Waals surface area contributed by atoms with Crippen LogP contribution < -0.4 is 25.0 Å². The highest BCUT2D eigenvalue weighted by atomic mass is 16.7. The lowest BCUT2D eigenvalue weighted by Gasteiger charge is -2.44. The standard InChI is InChI=1S/C27H25N3O6/c1-3-34-25(32)23-24(28)30(15-11-12-20-21(13-15)36-14-35-20)18-9-6-10-19(31)22(18)27(23)16-7-4-5-8-17(16)29(2)26(27)33/h4-5,7-8,11-13H,3,6,9-10,14,28H2,1-2H3. The number of anilines is 2. The Morgan fingerprint density at radius 2 is 1.89 bits per heavy atom. The number of Topliss-reactive ketones (excluding diaryl/α,β-unsaturated/α-hetero) is 1. The maximum absolute atomic E-state index is 14.2. The van der Waals surface area contributed by atoms with Gasteiger partial charge in [0.2, 0.25) is 12.7 Å². The van der Waals surface area contributed by atoms with Gasteiger partial charge in [0.25, 0.3) is 0 Å². The number of ketones is 1. The topological polar surface area (TPSA) is 111 Å². The molecule has 0 fully saturated rings. The number of likely N-dealkylation sites (N-methyl/N-ethyl adjacent to an activating group) is 1. The monoisotopic (exact) mass is 487 g/mol. The number of amides is 1. The molecule has 0 bridgehead atoms. The Bertz CT molecular complexity index is 1410. The number of nitrogens with zero attached hydrogens (tertiary/aromatic N) is 2. The highest BCUT2D eigenvalue weighted by Gasteiger charge is 2.63. The predicted molar refractivity (Wildman–Crippen MR) is 130 cm³/mol. The number of carbonyl (C=O) groups excluding carboxylic acids is 3. The third-order valence-electron chi connectivity index (χ3n) is 7.29. The summed E-state index contributed by atoms with van der Waals surface area (Å²) in [6.45, 7) is 1.87. The van der Waals surface area contributed by atoms with Crippen LogP contribution in [0.15, 0.2) is 65.1 Å². The highest BCUT2D eigenvalue weighted by molar-refractivity contribution is 6.24. The highest BCUT2D eigenvalue weighted by Crippen LogP contribution is 2.57. The van der Waals surface area contributed by atoms with Crippen molar-refractivity contribution in [1.29, 1.82) is 0 Å². The summed E-state index contributed by atoms with van der Waals surface area (Å²) in [4.78, 5) is 44.7. The van der Waals surface area contributed by atoms with Gasteiger partial charge in [-0.1, -0.05) is 18.2 Å². The molecule has 0 radical (unpaired) electrons. The minimum absolute atomic E-state index is 0.0437. The van der Waals surface area contributed by atoms with Crippen molar-refractivity contribution in [2.24, 2.45) is 5.73 Å². The van der Waals surface area contributed by atoms with Crippen LogP contribution in [0, 0.1) is 0 Å². The van der Waals surface area contributed by atoms with Crippen LogP contribution in [-0.2, 0) is 24.5 Å². The summed E-state index contributed by atoms with van der Waals surface area (Å²) in [5, 5.41) is 0. The fraction of sp³-hybridized carbons (Fsp3) is 0.296. The van der Waals surface area contributed by atoms with Crippen molar-refractivity contribution in [3.05, 3.63) is 70.7 Å². The number of carbonyl (C=O) groups is 3. The molecule has 2 aromatic carbocycles. The smallest absolute Gasteiger partial charge is 0.339 e. The van der Waals surface area contributed by atoms with Crippen LogP contribution in [0.5, 0.6) is 11.5 Å². The Balaban J connectivity index is 1.70. The molecular formula is C27H25N3O6. The van der Waals surface area contributed by atoms with Crippen LogP contribution in [0.2, 0.25) is 0 Å². The molecule has 1 aliphatic carbocycles. The van der Waals surface area contributed by atoms with Crippen molar-refractivity contribution in [2.45, 2.75) is 31.6 Å². The molecule has 0 saturated carbocycles. The average molecular weight is 488 g/mol. The molecule has 0 saturated heterocycles. The quantitative estimate of drug-likeness (QED) is 0.658. The van der Waals surface area contributed by atoms with Crippen LogP contribution in [0.3, 0.4) is 0 Å². The number of nitrogens with two attached hydrogens (primary N) is 1. The van der Waals surface area contributed by atoms with Gasteiger partial charge in [-0.15, -0.1) is 0 Å². The van der Waals surface area contributed by atoms with Crippen LogP contribution in [0.4, 0.5) is 11.4 Å². The number of para-hydroxylation sites is 1. The van der Waals surface area contributed by atoms with E-state index in [0.717, 1.165) is 0 Å². The van der Waals surface area contributed by atoms with Gasteiger partial charge in [0.15, 0.2) is 17.3 Å². The summed E-state index contributed by atoms with van der Waals surface area (Å²) in [6.07, 6.45) is 1.38. The summed E-state index contributed by atoms with van der Waals surface area (Å²) in [6, 6.07) is 12.5. The van der Waals surface area contributed by atoms with E-state index < -0.39 is 17.3 Å². The zero-order valence-corrected chi connectivity index (χ0v) is 20.0. The van der Waals surface area contributed by atoms with E-state index in [4.69, 9.17) is 19.9 Å². The lowest BCUT2D eigenvalue weighted by molar-refractivity contribution is -0.140. The summed E-state index contributed by atoms with van der Waals surface area (Å²) in [5.74, 6) is -0.138. The molecular weight excluding hydrogens is 462 g/mol. The van der Waals surface area contributed by atoms with Crippen molar-refractivity contribution in [1.82, 2.24) is 0 Å². The third-order valence-corrected chi connectivity index (χ3v) is 7.29. The Hall–Kier alpha value is -4.27. The van der Waals surface area contributed by atoms with Gasteiger partial charge in [-0.3, -0.25) is 14.5 Å². The minimum atomic E-state index is -1.68. The second-order valence-corrected chi connectivity index (χ2v) is 9.08. The predicted octanol–water partition coefficient (Wildman–Crippen LogP) is 2.89. The van der Waals surface area contributed by atoms with Crippen LogP contribution >= 0.6 is 0 Å². The van der Waals surface area contributed by atoms with Crippen LogP contribution in [-0.4, -0.2) is 38.1 Å². The van der Waals surface area contributed by atoms with Gasteiger partial charge in [-0.05, 0) is 38.0 Å². The number of hydrogen-bond acceptors (Lipinski definition) is 8. The van der Waals surface area contributed by atoms with E-state index in [1.54, 1.807) is 55.3 Å². The molecule has 9 heteroatoms. The van der Waals surface area contributed by atoms with Crippen molar-refractivity contribution < 1.29 is 28.6 Å². The van der Waals surface area contributed by atoms with Crippen molar-refractivity contribution in [2.75, 3.05) is 30.2 Å². The van der Waals surface area contributed by atoms with E-state index in [1.165, 1.54) is 4.90 Å². The zero-order chi connectivity index (χ0) is 25.2. The number of ether oxygens (including phenoxy) is 3. The van der Waals surface area contributed by atoms with Gasteiger partial charge < -0.3 is 24.8 Å². The molecule has 1 atom stereocenters. The summed E-state index contributed by atoms with van der Waals surface area (Å²) >= 11 is 0. The molecule has 2 N–H and O–H groups in total. The lowest BCUT2D eigenvalue weighted by Crippen LogP contribution is -2.54. The molecule has 1 spiro atoms. The minimum Gasteiger partial charge on any atom is -0.462 e. The maximum Gasteiger partial charge on any atom is 0.339 e. The molecule has 3 aliphatic heterocycles. The van der Waals surface area contributed by atoms with Crippen molar-refractivity contribution in [3.8, 4) is 11.5 Å². The number of fused-ring (bicyclic) bond motifs is 4. The number of benzene rings is 2. The number of allylic oxidation sites excluding steroid dienone is 1. The SMILES string of the molecule is CCOC(=O)C1=C(N)N(c2ccc3c(c2)OCO3)C2=C(C(=O)CCC2)C12C(=O)N(C)c1ccccc12. The van der Waals surface area contributed by atoms with E-state index in [-0.39, 0.29) is 42.6 Å². The molecule has 36 heavy (non-hydrogen) atoms. The second kappa shape index (κ2) is 7.87. The molecule has 184 valence electrons. The Morgan fingerprint density at radius 1 is 1.11 bits per heavy atom. The van der Waals surface area contributed by atoms with E-state index in [0.29, 0.717) is 47.0 Å². The molecule has 2 aromatic rings. The van der Waals surface area contributed by atoms with Gasteiger partial charge in [0.05, 0.1) is 12.3 Å². The normalized spacial score (nSPS) is 22.4.